The van der Waals surface area contributed by atoms with Gasteiger partial charge in [0.15, 0.2) is 0 Å². The Morgan fingerprint density at radius 3 is 2.62 bits per heavy atom. The number of nitrogens with zero attached hydrogens (tertiary/aromatic N) is 4. The highest BCUT2D eigenvalue weighted by Crippen LogP contribution is 2.35. The Hall–Kier alpha value is -2.14. The third-order valence-electron chi connectivity index (χ3n) is 6.13. The molecule has 26 heavy (non-hydrogen) atoms. The number of benzene rings is 1. The predicted molar refractivity (Wildman–Crippen MR) is 99.8 cm³/mol. The van der Waals surface area contributed by atoms with Gasteiger partial charge in [0.05, 0.1) is 11.6 Å². The molecule has 0 spiro atoms. The van der Waals surface area contributed by atoms with Crippen LogP contribution < -0.4 is 0 Å². The number of hydrogen-bond acceptors (Lipinski definition) is 3. The number of hydrogen-bond donors (Lipinski definition) is 0. The molecule has 1 amide bonds. The van der Waals surface area contributed by atoms with Gasteiger partial charge in [-0.15, -0.1) is 0 Å². The van der Waals surface area contributed by atoms with Crippen molar-refractivity contribution in [3.05, 3.63) is 48.3 Å². The first-order chi connectivity index (χ1) is 12.8. The van der Waals surface area contributed by atoms with Gasteiger partial charge in [-0.25, -0.2) is 4.68 Å². The van der Waals surface area contributed by atoms with E-state index in [2.05, 4.69) is 39.2 Å². The molecule has 5 heteroatoms. The lowest BCUT2D eigenvalue weighted by molar-refractivity contribution is -0.140. The highest BCUT2D eigenvalue weighted by Gasteiger charge is 2.42. The van der Waals surface area contributed by atoms with Crippen molar-refractivity contribution in [1.82, 2.24) is 19.6 Å². The standard InChI is InChI=1S/C21H26N4O/c26-21-18-6-9-20(24(21)13-17-2-3-17)15-23(14-18)12-16-4-7-19(8-5-16)25-11-1-10-22-25/h1,4-5,7-8,10-11,17-18,20H,2-3,6,9,12-15H2/t18-,20+/m0/s1. The minimum Gasteiger partial charge on any atom is -0.338 e. The van der Waals surface area contributed by atoms with E-state index in [0.29, 0.717) is 11.9 Å². The molecular formula is C21H26N4O. The maximum Gasteiger partial charge on any atom is 0.227 e. The number of carbonyl (C=O) groups excluding carboxylic acids is 1. The van der Waals surface area contributed by atoms with Gasteiger partial charge in [-0.05, 0) is 55.4 Å². The summed E-state index contributed by atoms with van der Waals surface area (Å²) in [6.07, 6.45) is 8.63. The molecule has 1 saturated carbocycles. The van der Waals surface area contributed by atoms with Gasteiger partial charge in [-0.3, -0.25) is 9.69 Å². The van der Waals surface area contributed by atoms with Gasteiger partial charge in [-0.1, -0.05) is 12.1 Å². The van der Waals surface area contributed by atoms with Crippen LogP contribution >= 0.6 is 0 Å². The molecule has 3 aliphatic heterocycles. The first kappa shape index (κ1) is 16.1. The highest BCUT2D eigenvalue weighted by molar-refractivity contribution is 5.80. The maximum absolute atomic E-state index is 12.8. The van der Waals surface area contributed by atoms with Crippen molar-refractivity contribution in [3.8, 4) is 5.69 Å². The molecule has 5 nitrogen and oxygen atoms in total. The fourth-order valence-electron chi connectivity index (χ4n) is 4.51. The Labute approximate surface area is 154 Å². The van der Waals surface area contributed by atoms with Crippen LogP contribution in [0, 0.1) is 11.8 Å². The summed E-state index contributed by atoms with van der Waals surface area (Å²) >= 11 is 0. The monoisotopic (exact) mass is 350 g/mol. The smallest absolute Gasteiger partial charge is 0.227 e. The number of fused-ring (bicyclic) bond motifs is 4. The molecule has 0 radical (unpaired) electrons. The quantitative estimate of drug-likeness (QED) is 0.833. The molecule has 2 atom stereocenters. The third kappa shape index (κ3) is 3.16. The van der Waals surface area contributed by atoms with Crippen LogP contribution in [0.25, 0.3) is 5.69 Å². The first-order valence-corrected chi connectivity index (χ1v) is 9.88. The van der Waals surface area contributed by atoms with Crippen LogP contribution in [0.5, 0.6) is 0 Å². The van der Waals surface area contributed by atoms with E-state index < -0.39 is 0 Å². The van der Waals surface area contributed by atoms with Crippen LogP contribution in [-0.4, -0.2) is 51.2 Å². The molecule has 0 N–H and O–H groups in total. The minimum absolute atomic E-state index is 0.204. The van der Waals surface area contributed by atoms with Crippen LogP contribution in [0.15, 0.2) is 42.7 Å². The van der Waals surface area contributed by atoms with E-state index in [1.807, 2.05) is 16.9 Å². The van der Waals surface area contributed by atoms with Crippen LogP contribution in [0.2, 0.25) is 0 Å². The Balaban J connectivity index is 1.28. The van der Waals surface area contributed by atoms with Gasteiger partial charge in [0.1, 0.15) is 0 Å². The van der Waals surface area contributed by atoms with Crippen LogP contribution in [-0.2, 0) is 11.3 Å². The number of aromatic nitrogens is 2. The van der Waals surface area contributed by atoms with Gasteiger partial charge in [0.25, 0.3) is 0 Å². The molecule has 2 aromatic rings. The Morgan fingerprint density at radius 1 is 1.04 bits per heavy atom. The predicted octanol–water partition coefficient (Wildman–Crippen LogP) is 2.71. The van der Waals surface area contributed by atoms with Gasteiger partial charge >= 0.3 is 0 Å². The summed E-state index contributed by atoms with van der Waals surface area (Å²) in [6, 6.07) is 11.0. The van der Waals surface area contributed by atoms with Gasteiger partial charge in [0.2, 0.25) is 5.91 Å². The normalized spacial score (nSPS) is 26.3. The molecule has 3 saturated heterocycles. The van der Waals surface area contributed by atoms with E-state index in [1.54, 1.807) is 6.20 Å². The van der Waals surface area contributed by atoms with Crippen molar-refractivity contribution in [3.63, 3.8) is 0 Å². The lowest BCUT2D eigenvalue weighted by atomic mass is 9.94. The second-order valence-corrected chi connectivity index (χ2v) is 8.17. The zero-order valence-electron chi connectivity index (χ0n) is 15.1. The van der Waals surface area contributed by atoms with Crippen molar-refractivity contribution >= 4 is 5.91 Å². The molecule has 0 unspecified atom stereocenters. The van der Waals surface area contributed by atoms with E-state index in [1.165, 1.54) is 24.8 Å². The Kier molecular flexibility index (Phi) is 4.04. The third-order valence-corrected chi connectivity index (χ3v) is 6.13. The molecule has 1 aromatic heterocycles. The fourth-order valence-corrected chi connectivity index (χ4v) is 4.51. The van der Waals surface area contributed by atoms with E-state index in [0.717, 1.165) is 44.2 Å². The van der Waals surface area contributed by atoms with E-state index in [9.17, 15) is 4.79 Å². The summed E-state index contributed by atoms with van der Waals surface area (Å²) in [7, 11) is 0. The molecule has 136 valence electrons. The molecule has 6 rings (SSSR count). The van der Waals surface area contributed by atoms with E-state index >= 15 is 0 Å². The molecule has 4 aliphatic rings. The summed E-state index contributed by atoms with van der Waals surface area (Å²) in [4.78, 5) is 17.6. The second-order valence-electron chi connectivity index (χ2n) is 8.17. The average Bonchev–Trinajstić information content (AvgIpc) is 3.38. The van der Waals surface area contributed by atoms with Crippen LogP contribution in [0.4, 0.5) is 0 Å². The fraction of sp³-hybridized carbons (Fsp3) is 0.524. The molecule has 4 heterocycles. The maximum atomic E-state index is 12.8. The summed E-state index contributed by atoms with van der Waals surface area (Å²) < 4.78 is 1.88. The van der Waals surface area contributed by atoms with Crippen molar-refractivity contribution in [2.75, 3.05) is 19.6 Å². The highest BCUT2D eigenvalue weighted by atomic mass is 16.2. The van der Waals surface area contributed by atoms with E-state index in [-0.39, 0.29) is 5.92 Å². The van der Waals surface area contributed by atoms with Crippen LogP contribution in [0.3, 0.4) is 0 Å². The van der Waals surface area contributed by atoms with Gasteiger partial charge in [0, 0.05) is 44.6 Å². The van der Waals surface area contributed by atoms with Gasteiger partial charge < -0.3 is 4.90 Å². The van der Waals surface area contributed by atoms with Crippen LogP contribution in [0.1, 0.15) is 31.2 Å². The average molecular weight is 350 g/mol. The van der Waals surface area contributed by atoms with Gasteiger partial charge in [-0.2, -0.15) is 5.10 Å². The lowest BCUT2D eigenvalue weighted by Crippen LogP contribution is -2.48. The summed E-state index contributed by atoms with van der Waals surface area (Å²) in [6.45, 7) is 3.87. The minimum atomic E-state index is 0.204. The van der Waals surface area contributed by atoms with Crippen molar-refractivity contribution in [2.45, 2.75) is 38.3 Å². The van der Waals surface area contributed by atoms with Crippen molar-refractivity contribution < 1.29 is 4.79 Å². The zero-order valence-corrected chi connectivity index (χ0v) is 15.1. The summed E-state index contributed by atoms with van der Waals surface area (Å²) in [5.74, 6) is 1.40. The zero-order chi connectivity index (χ0) is 17.5. The van der Waals surface area contributed by atoms with Crippen molar-refractivity contribution in [1.29, 1.82) is 0 Å². The largest absolute Gasteiger partial charge is 0.338 e. The molecule has 1 aliphatic carbocycles. The SMILES string of the molecule is O=C1[C@H]2CC[C@H](CN(Cc3ccc(-n4cccn4)cc3)C2)N1CC1CC1. The number of amides is 1. The first-order valence-electron chi connectivity index (χ1n) is 9.88. The lowest BCUT2D eigenvalue weighted by Gasteiger charge is -2.36. The Bertz CT molecular complexity index is 766. The topological polar surface area (TPSA) is 41.4 Å². The second kappa shape index (κ2) is 6.54. The molecule has 1 aromatic carbocycles. The van der Waals surface area contributed by atoms with E-state index in [4.69, 9.17) is 0 Å². The molecule has 4 fully saturated rings. The summed E-state index contributed by atoms with van der Waals surface area (Å²) in [5.41, 5.74) is 2.39. The summed E-state index contributed by atoms with van der Waals surface area (Å²) in [5, 5.41) is 4.28. The number of rotatable bonds is 5. The number of piperidine rings is 1. The molecular weight excluding hydrogens is 324 g/mol. The molecule has 2 bridgehead atoms. The van der Waals surface area contributed by atoms with Crippen molar-refractivity contribution in [2.24, 2.45) is 11.8 Å². The Morgan fingerprint density at radius 2 is 1.88 bits per heavy atom. The number of carbonyl (C=O) groups is 1.